The first-order chi connectivity index (χ1) is 10.2. The summed E-state index contributed by atoms with van der Waals surface area (Å²) in [4.78, 5) is 12.6. The van der Waals surface area contributed by atoms with Crippen molar-refractivity contribution in [3.63, 3.8) is 0 Å². The number of carbonyl (C=O) groups is 1. The average Bonchev–Trinajstić information content (AvgIpc) is 2.50. The normalized spacial score (nSPS) is 32.7. The number of piperidine rings is 1. The Morgan fingerprint density at radius 1 is 1.33 bits per heavy atom. The molecule has 2 heteroatoms. The molecule has 120 valence electrons. The summed E-state index contributed by atoms with van der Waals surface area (Å²) in [6.45, 7) is 6.12. The van der Waals surface area contributed by atoms with Gasteiger partial charge in [0.25, 0.3) is 0 Å². The molecule has 0 aromatic rings. The van der Waals surface area contributed by atoms with Crippen LogP contribution in [0.2, 0.25) is 0 Å². The van der Waals surface area contributed by atoms with Crippen molar-refractivity contribution in [2.45, 2.75) is 95.6 Å². The number of hydrogen-bond acceptors (Lipinski definition) is 2. The Kier molecular flexibility index (Phi) is 6.47. The van der Waals surface area contributed by atoms with E-state index in [-0.39, 0.29) is 11.5 Å². The third kappa shape index (κ3) is 4.18. The van der Waals surface area contributed by atoms with Gasteiger partial charge >= 0.3 is 0 Å². The van der Waals surface area contributed by atoms with Gasteiger partial charge in [0.1, 0.15) is 5.78 Å². The van der Waals surface area contributed by atoms with Gasteiger partial charge in [0, 0.05) is 23.9 Å². The predicted molar refractivity (Wildman–Crippen MR) is 89.4 cm³/mol. The van der Waals surface area contributed by atoms with E-state index in [1.165, 1.54) is 51.4 Å². The van der Waals surface area contributed by atoms with Gasteiger partial charge in [-0.2, -0.15) is 0 Å². The van der Waals surface area contributed by atoms with Gasteiger partial charge in [-0.05, 0) is 32.1 Å². The van der Waals surface area contributed by atoms with Crippen molar-refractivity contribution in [1.82, 2.24) is 5.32 Å². The first kappa shape index (κ1) is 16.7. The highest BCUT2D eigenvalue weighted by Gasteiger charge is 2.48. The van der Waals surface area contributed by atoms with Crippen LogP contribution in [0.3, 0.4) is 0 Å². The summed E-state index contributed by atoms with van der Waals surface area (Å²) in [6, 6.07) is 0.425. The number of rotatable bonds is 8. The minimum Gasteiger partial charge on any atom is -0.307 e. The molecule has 1 saturated heterocycles. The lowest BCUT2D eigenvalue weighted by molar-refractivity contribution is -0.131. The van der Waals surface area contributed by atoms with Crippen LogP contribution in [0.1, 0.15) is 84.0 Å². The Hall–Kier alpha value is -0.630. The summed E-state index contributed by atoms with van der Waals surface area (Å²) in [7, 11) is 0. The van der Waals surface area contributed by atoms with Gasteiger partial charge < -0.3 is 5.32 Å². The standard InChI is InChI=1S/C19H33NO/c1-3-5-7-8-11-16-15-18(21)17-12-9-10-14-19(17,20-16)13-6-4-2/h4,16-17,20H,2-3,5-15H2,1H3/t16-,17-,19+/m0/s1. The van der Waals surface area contributed by atoms with Crippen LogP contribution in [-0.4, -0.2) is 17.4 Å². The van der Waals surface area contributed by atoms with Crippen LogP contribution < -0.4 is 5.32 Å². The molecule has 2 nitrogen and oxygen atoms in total. The second-order valence-corrected chi connectivity index (χ2v) is 7.14. The summed E-state index contributed by atoms with van der Waals surface area (Å²) in [6.07, 6.45) is 16.1. The lowest BCUT2D eigenvalue weighted by atomic mass is 9.64. The number of carbonyl (C=O) groups excluding carboxylic acids is 1. The summed E-state index contributed by atoms with van der Waals surface area (Å²) in [5, 5.41) is 3.94. The first-order valence-electron chi connectivity index (χ1n) is 9.13. The maximum atomic E-state index is 12.6. The third-order valence-corrected chi connectivity index (χ3v) is 5.56. The van der Waals surface area contributed by atoms with Gasteiger partial charge in [0.15, 0.2) is 0 Å². The zero-order chi connectivity index (χ0) is 15.1. The topological polar surface area (TPSA) is 29.1 Å². The largest absolute Gasteiger partial charge is 0.307 e. The highest BCUT2D eigenvalue weighted by Crippen LogP contribution is 2.42. The molecule has 3 atom stereocenters. The number of unbranched alkanes of at least 4 members (excludes halogenated alkanes) is 3. The van der Waals surface area contributed by atoms with Crippen LogP contribution >= 0.6 is 0 Å². The van der Waals surface area contributed by atoms with E-state index in [0.29, 0.717) is 11.8 Å². The van der Waals surface area contributed by atoms with Gasteiger partial charge in [0.2, 0.25) is 0 Å². The quantitative estimate of drug-likeness (QED) is 0.515. The van der Waals surface area contributed by atoms with Crippen molar-refractivity contribution in [2.75, 3.05) is 0 Å². The molecule has 0 amide bonds. The van der Waals surface area contributed by atoms with E-state index in [1.54, 1.807) is 0 Å². The molecule has 0 aromatic carbocycles. The Morgan fingerprint density at radius 3 is 2.95 bits per heavy atom. The molecule has 0 spiro atoms. The molecule has 21 heavy (non-hydrogen) atoms. The minimum absolute atomic E-state index is 0.0944. The molecule has 0 aromatic heterocycles. The summed E-state index contributed by atoms with van der Waals surface area (Å²) in [5.41, 5.74) is 0.0944. The van der Waals surface area contributed by atoms with Crippen molar-refractivity contribution in [2.24, 2.45) is 5.92 Å². The maximum Gasteiger partial charge on any atom is 0.139 e. The van der Waals surface area contributed by atoms with Crippen LogP contribution in [0.4, 0.5) is 0 Å². The van der Waals surface area contributed by atoms with E-state index in [2.05, 4.69) is 18.8 Å². The fourth-order valence-corrected chi connectivity index (χ4v) is 4.45. The summed E-state index contributed by atoms with van der Waals surface area (Å²) < 4.78 is 0. The van der Waals surface area contributed by atoms with Crippen LogP contribution in [0, 0.1) is 5.92 Å². The summed E-state index contributed by atoms with van der Waals surface area (Å²) in [5.74, 6) is 0.816. The van der Waals surface area contributed by atoms with Crippen molar-refractivity contribution in [3.05, 3.63) is 12.7 Å². The number of allylic oxidation sites excluding steroid dienone is 1. The maximum absolute atomic E-state index is 12.6. The second-order valence-electron chi connectivity index (χ2n) is 7.14. The van der Waals surface area contributed by atoms with Gasteiger partial charge in [-0.25, -0.2) is 0 Å². The zero-order valence-electron chi connectivity index (χ0n) is 13.8. The van der Waals surface area contributed by atoms with Gasteiger partial charge in [-0.3, -0.25) is 4.79 Å². The lowest BCUT2D eigenvalue weighted by Gasteiger charge is -2.50. The molecule has 0 unspecified atom stereocenters. The van der Waals surface area contributed by atoms with E-state index in [4.69, 9.17) is 0 Å². The highest BCUT2D eigenvalue weighted by molar-refractivity contribution is 5.84. The molecular formula is C19H33NO. The van der Waals surface area contributed by atoms with E-state index >= 15 is 0 Å². The predicted octanol–water partition coefficient (Wildman–Crippen LogP) is 4.78. The van der Waals surface area contributed by atoms with Crippen LogP contribution in [0.25, 0.3) is 0 Å². The lowest BCUT2D eigenvalue weighted by Crippen LogP contribution is -2.63. The zero-order valence-corrected chi connectivity index (χ0v) is 13.8. The Morgan fingerprint density at radius 2 is 2.19 bits per heavy atom. The molecule has 1 N–H and O–H groups in total. The molecule has 2 rings (SSSR count). The molecule has 1 heterocycles. The van der Waals surface area contributed by atoms with E-state index in [9.17, 15) is 4.79 Å². The van der Waals surface area contributed by atoms with Crippen molar-refractivity contribution in [3.8, 4) is 0 Å². The van der Waals surface area contributed by atoms with E-state index in [0.717, 1.165) is 25.7 Å². The molecule has 1 saturated carbocycles. The molecule has 0 radical (unpaired) electrons. The Labute approximate surface area is 130 Å². The minimum atomic E-state index is 0.0944. The van der Waals surface area contributed by atoms with E-state index in [1.807, 2.05) is 6.08 Å². The van der Waals surface area contributed by atoms with Crippen molar-refractivity contribution >= 4 is 5.78 Å². The van der Waals surface area contributed by atoms with Crippen LogP contribution in [-0.2, 0) is 4.79 Å². The summed E-state index contributed by atoms with van der Waals surface area (Å²) >= 11 is 0. The number of fused-ring (bicyclic) bond motifs is 1. The second kappa shape index (κ2) is 8.12. The number of nitrogens with one attached hydrogen (secondary N) is 1. The Bertz CT molecular complexity index is 351. The van der Waals surface area contributed by atoms with E-state index < -0.39 is 0 Å². The van der Waals surface area contributed by atoms with Crippen LogP contribution in [0.5, 0.6) is 0 Å². The average molecular weight is 291 g/mol. The molecule has 2 fully saturated rings. The molecule has 0 bridgehead atoms. The Balaban J connectivity index is 1.98. The highest BCUT2D eigenvalue weighted by atomic mass is 16.1. The third-order valence-electron chi connectivity index (χ3n) is 5.56. The molecule has 2 aliphatic rings. The fourth-order valence-electron chi connectivity index (χ4n) is 4.45. The van der Waals surface area contributed by atoms with Gasteiger partial charge in [0.05, 0.1) is 0 Å². The molecule has 1 aliphatic heterocycles. The molecule has 1 aliphatic carbocycles. The first-order valence-corrected chi connectivity index (χ1v) is 9.13. The van der Waals surface area contributed by atoms with Gasteiger partial charge in [-0.15, -0.1) is 6.58 Å². The number of Topliss-reactive ketones (excluding diaryl/α,β-unsaturated/α-hetero) is 1. The monoisotopic (exact) mass is 291 g/mol. The SMILES string of the molecule is C=CCC[C@@]12CCCC[C@H]1C(=O)C[C@H](CCCCCC)N2. The smallest absolute Gasteiger partial charge is 0.139 e. The number of ketones is 1. The molecular weight excluding hydrogens is 258 g/mol. The van der Waals surface area contributed by atoms with Crippen molar-refractivity contribution < 1.29 is 4.79 Å². The fraction of sp³-hybridized carbons (Fsp3) is 0.842. The number of hydrogen-bond donors (Lipinski definition) is 1. The van der Waals surface area contributed by atoms with Crippen LogP contribution in [0.15, 0.2) is 12.7 Å². The van der Waals surface area contributed by atoms with Crippen molar-refractivity contribution in [1.29, 1.82) is 0 Å². The van der Waals surface area contributed by atoms with Gasteiger partial charge in [-0.1, -0.05) is 51.5 Å².